The molecule has 1 aromatic heterocycles. The maximum absolute atomic E-state index is 12.1. The van der Waals surface area contributed by atoms with Crippen molar-refractivity contribution in [2.24, 2.45) is 0 Å². The lowest BCUT2D eigenvalue weighted by molar-refractivity contribution is 0.0126. The Hall–Kier alpha value is -1.66. The molecular weight excluding hydrogens is 232 g/mol. The maximum Gasteiger partial charge on any atom is 0.265 e. The zero-order valence-electron chi connectivity index (χ0n) is 10.7. The summed E-state index contributed by atoms with van der Waals surface area (Å²) in [5.41, 5.74) is 4.30. The third-order valence-corrected chi connectivity index (χ3v) is 2.74. The Bertz CT molecular complexity index is 430. The van der Waals surface area contributed by atoms with Gasteiger partial charge in [0.1, 0.15) is 5.82 Å². The van der Waals surface area contributed by atoms with Gasteiger partial charge in [-0.25, -0.2) is 9.99 Å². The van der Waals surface area contributed by atoms with Crippen molar-refractivity contribution in [3.05, 3.63) is 23.4 Å². The number of carbonyl (C=O) groups excluding carboxylic acids is 1. The minimum absolute atomic E-state index is 0.112. The van der Waals surface area contributed by atoms with Crippen LogP contribution in [0.25, 0.3) is 0 Å². The average molecular weight is 250 g/mol. The second-order valence-electron chi connectivity index (χ2n) is 4.17. The number of nitrogens with zero attached hydrogens (tertiary/aromatic N) is 2. The molecule has 1 amide bonds. The van der Waals surface area contributed by atoms with Gasteiger partial charge in [-0.2, -0.15) is 0 Å². The summed E-state index contributed by atoms with van der Waals surface area (Å²) < 4.78 is 5.23. The number of hydrogen-bond acceptors (Lipinski definition) is 5. The number of hydrogen-bond donors (Lipinski definition) is 2. The zero-order chi connectivity index (χ0) is 13.0. The third kappa shape index (κ3) is 3.18. The minimum atomic E-state index is -0.112. The predicted octanol–water partition coefficient (Wildman–Crippen LogP) is 0.409. The highest BCUT2D eigenvalue weighted by Gasteiger charge is 2.15. The molecule has 2 rings (SSSR count). The maximum atomic E-state index is 12.1. The molecule has 0 saturated carbocycles. The van der Waals surface area contributed by atoms with E-state index in [0.717, 1.165) is 5.69 Å². The summed E-state index contributed by atoms with van der Waals surface area (Å²) in [7, 11) is 1.78. The molecule has 0 radical (unpaired) electrons. The van der Waals surface area contributed by atoms with Crippen molar-refractivity contribution in [3.8, 4) is 0 Å². The third-order valence-electron chi connectivity index (χ3n) is 2.74. The minimum Gasteiger partial charge on any atom is -0.379 e. The lowest BCUT2D eigenvalue weighted by Crippen LogP contribution is -2.48. The van der Waals surface area contributed by atoms with E-state index in [1.165, 1.54) is 0 Å². The van der Waals surface area contributed by atoms with Gasteiger partial charge in [0, 0.05) is 31.4 Å². The molecule has 1 aliphatic heterocycles. The molecule has 2 heterocycles. The first-order valence-corrected chi connectivity index (χ1v) is 5.99. The zero-order valence-corrected chi connectivity index (χ0v) is 10.7. The molecule has 1 aromatic rings. The van der Waals surface area contributed by atoms with Crippen LogP contribution in [0.5, 0.6) is 0 Å². The normalized spacial score (nSPS) is 16.3. The Labute approximate surface area is 106 Å². The second kappa shape index (κ2) is 5.79. The number of ether oxygens (including phenoxy) is 1. The van der Waals surface area contributed by atoms with Crippen LogP contribution in [0, 0.1) is 6.92 Å². The molecule has 98 valence electrons. The van der Waals surface area contributed by atoms with Gasteiger partial charge in [-0.3, -0.25) is 10.2 Å². The number of morpholine rings is 1. The van der Waals surface area contributed by atoms with Gasteiger partial charge in [0.2, 0.25) is 0 Å². The number of pyridine rings is 1. The Morgan fingerprint density at radius 1 is 1.39 bits per heavy atom. The first-order chi connectivity index (χ1) is 8.69. The van der Waals surface area contributed by atoms with Gasteiger partial charge < -0.3 is 10.1 Å². The molecule has 0 unspecified atom stereocenters. The molecule has 0 atom stereocenters. The molecule has 6 nitrogen and oxygen atoms in total. The van der Waals surface area contributed by atoms with E-state index >= 15 is 0 Å². The molecule has 2 N–H and O–H groups in total. The lowest BCUT2D eigenvalue weighted by atomic mass is 10.2. The number of aryl methyl sites for hydroxylation is 1. The topological polar surface area (TPSA) is 66.5 Å². The highest BCUT2D eigenvalue weighted by molar-refractivity contribution is 5.94. The number of nitrogens with one attached hydrogen (secondary N) is 2. The fraction of sp³-hybridized carbons (Fsp3) is 0.500. The molecule has 6 heteroatoms. The van der Waals surface area contributed by atoms with Gasteiger partial charge in [-0.05, 0) is 19.1 Å². The number of aromatic nitrogens is 1. The molecule has 1 saturated heterocycles. The monoisotopic (exact) mass is 250 g/mol. The number of anilines is 1. The van der Waals surface area contributed by atoms with Crippen molar-refractivity contribution < 1.29 is 9.53 Å². The average Bonchev–Trinajstić information content (AvgIpc) is 2.39. The smallest absolute Gasteiger partial charge is 0.265 e. The van der Waals surface area contributed by atoms with Crippen LogP contribution in [-0.2, 0) is 4.74 Å². The molecular formula is C12H18N4O2. The van der Waals surface area contributed by atoms with Crippen LogP contribution in [0.2, 0.25) is 0 Å². The van der Waals surface area contributed by atoms with Gasteiger partial charge >= 0.3 is 0 Å². The van der Waals surface area contributed by atoms with E-state index in [2.05, 4.69) is 15.7 Å². The molecule has 1 aliphatic rings. The molecule has 18 heavy (non-hydrogen) atoms. The van der Waals surface area contributed by atoms with Crippen molar-refractivity contribution in [1.82, 2.24) is 15.4 Å². The number of amides is 1. The fourth-order valence-corrected chi connectivity index (χ4v) is 1.81. The van der Waals surface area contributed by atoms with Crippen LogP contribution in [0.4, 0.5) is 5.82 Å². The van der Waals surface area contributed by atoms with E-state index in [-0.39, 0.29) is 5.91 Å². The predicted molar refractivity (Wildman–Crippen MR) is 68.4 cm³/mol. The summed E-state index contributed by atoms with van der Waals surface area (Å²) >= 11 is 0. The molecule has 0 bridgehead atoms. The fourth-order valence-electron chi connectivity index (χ4n) is 1.81. The largest absolute Gasteiger partial charge is 0.379 e. The van der Waals surface area contributed by atoms with Crippen molar-refractivity contribution in [3.63, 3.8) is 0 Å². The summed E-state index contributed by atoms with van der Waals surface area (Å²) in [6.07, 6.45) is 0. The van der Waals surface area contributed by atoms with Crippen LogP contribution in [0.1, 0.15) is 16.1 Å². The SMILES string of the molecule is CNc1cc(C(=O)NN2CCOCC2)cc(C)n1. The van der Waals surface area contributed by atoms with Gasteiger partial charge in [0.15, 0.2) is 0 Å². The van der Waals surface area contributed by atoms with E-state index < -0.39 is 0 Å². The standard InChI is InChI=1S/C12H18N4O2/c1-9-7-10(8-11(13-2)14-9)12(17)15-16-3-5-18-6-4-16/h7-8H,3-6H2,1-2H3,(H,13,14)(H,15,17). The lowest BCUT2D eigenvalue weighted by Gasteiger charge is -2.27. The number of carbonyl (C=O) groups is 1. The van der Waals surface area contributed by atoms with Gasteiger partial charge in [0.25, 0.3) is 5.91 Å². The van der Waals surface area contributed by atoms with Crippen LogP contribution in [0.3, 0.4) is 0 Å². The quantitative estimate of drug-likeness (QED) is 0.813. The van der Waals surface area contributed by atoms with Gasteiger partial charge in [-0.1, -0.05) is 0 Å². The molecule has 0 spiro atoms. The van der Waals surface area contributed by atoms with Crippen LogP contribution < -0.4 is 10.7 Å². The summed E-state index contributed by atoms with van der Waals surface area (Å²) in [5.74, 6) is 0.584. The second-order valence-corrected chi connectivity index (χ2v) is 4.17. The van der Waals surface area contributed by atoms with E-state index in [4.69, 9.17) is 4.74 Å². The first kappa shape index (κ1) is 12.8. The summed E-state index contributed by atoms with van der Waals surface area (Å²) in [6.45, 7) is 4.60. The van der Waals surface area contributed by atoms with E-state index in [0.29, 0.717) is 37.7 Å². The van der Waals surface area contributed by atoms with E-state index in [1.54, 1.807) is 19.2 Å². The Kier molecular flexibility index (Phi) is 4.11. The summed E-state index contributed by atoms with van der Waals surface area (Å²) in [4.78, 5) is 16.3. The van der Waals surface area contributed by atoms with Crippen molar-refractivity contribution in [1.29, 1.82) is 0 Å². The number of rotatable bonds is 3. The number of hydrazine groups is 1. The molecule has 0 aliphatic carbocycles. The van der Waals surface area contributed by atoms with E-state index in [9.17, 15) is 4.79 Å². The van der Waals surface area contributed by atoms with Crippen molar-refractivity contribution in [2.45, 2.75) is 6.92 Å². The first-order valence-electron chi connectivity index (χ1n) is 5.99. The molecule has 0 aromatic carbocycles. The molecule has 1 fully saturated rings. The van der Waals surface area contributed by atoms with Crippen LogP contribution in [-0.4, -0.2) is 49.3 Å². The highest BCUT2D eigenvalue weighted by Crippen LogP contribution is 2.09. The van der Waals surface area contributed by atoms with Gasteiger partial charge in [0.05, 0.1) is 13.2 Å². The van der Waals surface area contributed by atoms with Crippen molar-refractivity contribution >= 4 is 11.7 Å². The Morgan fingerprint density at radius 2 is 2.11 bits per heavy atom. The van der Waals surface area contributed by atoms with Crippen molar-refractivity contribution in [2.75, 3.05) is 38.7 Å². The van der Waals surface area contributed by atoms with Gasteiger partial charge in [-0.15, -0.1) is 0 Å². The Balaban J connectivity index is 2.05. The Morgan fingerprint density at radius 3 is 2.78 bits per heavy atom. The summed E-state index contributed by atoms with van der Waals surface area (Å²) in [6, 6.07) is 3.51. The van der Waals surface area contributed by atoms with E-state index in [1.807, 2.05) is 11.9 Å². The summed E-state index contributed by atoms with van der Waals surface area (Å²) in [5, 5.41) is 4.82. The van der Waals surface area contributed by atoms with Crippen LogP contribution in [0.15, 0.2) is 12.1 Å². The highest BCUT2D eigenvalue weighted by atomic mass is 16.5. The van der Waals surface area contributed by atoms with Crippen LogP contribution >= 0.6 is 0 Å².